The van der Waals surface area contributed by atoms with Gasteiger partial charge in [0.25, 0.3) is 5.91 Å². The van der Waals surface area contributed by atoms with Crippen molar-refractivity contribution >= 4 is 29.2 Å². The zero-order valence-electron chi connectivity index (χ0n) is 16.0. The highest BCUT2D eigenvalue weighted by atomic mass is 32.1. The first-order chi connectivity index (χ1) is 14.2. The molecule has 1 amide bonds. The first-order valence-corrected chi connectivity index (χ1v) is 10.4. The Morgan fingerprint density at radius 1 is 1.27 bits per heavy atom. The van der Waals surface area contributed by atoms with Crippen LogP contribution in [0, 0.1) is 5.92 Å². The minimum atomic E-state index is -5.08. The lowest BCUT2D eigenvalue weighted by Crippen LogP contribution is -2.28. The molecule has 1 saturated heterocycles. The van der Waals surface area contributed by atoms with Crippen LogP contribution < -0.4 is 10.6 Å². The molecular weight excluding hydrogens is 423 g/mol. The van der Waals surface area contributed by atoms with Gasteiger partial charge >= 0.3 is 12.1 Å². The van der Waals surface area contributed by atoms with Crippen LogP contribution in [0.5, 0.6) is 0 Å². The summed E-state index contributed by atoms with van der Waals surface area (Å²) in [5.41, 5.74) is 0.504. The van der Waals surface area contributed by atoms with Crippen LogP contribution in [0.1, 0.15) is 47.2 Å². The quantitative estimate of drug-likeness (QED) is 0.653. The molecule has 1 saturated carbocycles. The molecule has 1 aliphatic carbocycles. The van der Waals surface area contributed by atoms with Crippen LogP contribution in [0.15, 0.2) is 17.8 Å². The summed E-state index contributed by atoms with van der Waals surface area (Å²) < 4.78 is 33.8. The Labute approximate surface area is 174 Å². The van der Waals surface area contributed by atoms with Gasteiger partial charge in [-0.15, -0.1) is 11.3 Å². The van der Waals surface area contributed by atoms with Gasteiger partial charge in [-0.1, -0.05) is 0 Å². The molecule has 3 N–H and O–H groups in total. The lowest BCUT2D eigenvalue weighted by Gasteiger charge is -2.21. The van der Waals surface area contributed by atoms with E-state index in [9.17, 15) is 18.0 Å². The third-order valence-corrected chi connectivity index (χ3v) is 5.65. The van der Waals surface area contributed by atoms with Crippen molar-refractivity contribution in [1.82, 2.24) is 19.9 Å². The van der Waals surface area contributed by atoms with Crippen LogP contribution in [-0.2, 0) is 11.2 Å². The van der Waals surface area contributed by atoms with Crippen molar-refractivity contribution in [3.8, 4) is 0 Å². The number of imidazole rings is 1. The maximum atomic E-state index is 12.4. The number of rotatable bonds is 5. The van der Waals surface area contributed by atoms with Gasteiger partial charge in [0.15, 0.2) is 0 Å². The Morgan fingerprint density at radius 3 is 2.53 bits per heavy atom. The number of nitrogens with zero attached hydrogens (tertiary/aromatic N) is 3. The molecule has 30 heavy (non-hydrogen) atoms. The van der Waals surface area contributed by atoms with Crippen molar-refractivity contribution < 1.29 is 27.9 Å². The van der Waals surface area contributed by atoms with Gasteiger partial charge in [0.1, 0.15) is 5.69 Å². The molecule has 1 aliphatic heterocycles. The van der Waals surface area contributed by atoms with Crippen LogP contribution in [0.4, 0.5) is 19.1 Å². The van der Waals surface area contributed by atoms with Gasteiger partial charge in [-0.25, -0.2) is 14.8 Å². The van der Waals surface area contributed by atoms with Crippen LogP contribution in [0.3, 0.4) is 0 Å². The largest absolute Gasteiger partial charge is 0.490 e. The van der Waals surface area contributed by atoms with E-state index in [1.54, 1.807) is 17.5 Å². The predicted octanol–water partition coefficient (Wildman–Crippen LogP) is 3.10. The van der Waals surface area contributed by atoms with Crippen LogP contribution in [0.25, 0.3) is 0 Å². The molecule has 0 bridgehead atoms. The molecular formula is C18H22F3N5O3S. The maximum Gasteiger partial charge on any atom is 0.490 e. The monoisotopic (exact) mass is 445 g/mol. The van der Waals surface area contributed by atoms with Crippen LogP contribution in [0.2, 0.25) is 0 Å². The van der Waals surface area contributed by atoms with E-state index in [2.05, 4.69) is 20.6 Å². The number of carbonyl (C=O) groups is 2. The molecule has 2 aromatic heterocycles. The maximum absolute atomic E-state index is 12.4. The molecule has 3 heterocycles. The molecule has 164 valence electrons. The Kier molecular flexibility index (Phi) is 7.08. The fraction of sp³-hybridized carbons (Fsp3) is 0.556. The molecule has 0 spiro atoms. The van der Waals surface area contributed by atoms with E-state index in [4.69, 9.17) is 9.90 Å². The van der Waals surface area contributed by atoms with E-state index >= 15 is 0 Å². The van der Waals surface area contributed by atoms with Crippen molar-refractivity contribution in [2.24, 2.45) is 5.92 Å². The number of carbonyl (C=O) groups excluding carboxylic acids is 1. The molecule has 8 nitrogen and oxygen atoms in total. The van der Waals surface area contributed by atoms with Crippen LogP contribution in [-0.4, -0.2) is 50.8 Å². The number of hydrogen-bond donors (Lipinski definition) is 3. The van der Waals surface area contributed by atoms with Crippen molar-refractivity contribution in [2.75, 3.05) is 18.4 Å². The highest BCUT2D eigenvalue weighted by Crippen LogP contribution is 2.36. The van der Waals surface area contributed by atoms with Gasteiger partial charge in [-0.3, -0.25) is 10.1 Å². The molecule has 2 fully saturated rings. The number of aromatic nitrogens is 3. The summed E-state index contributed by atoms with van der Waals surface area (Å²) in [6, 6.07) is 0.499. The second-order valence-electron chi connectivity index (χ2n) is 7.17. The summed E-state index contributed by atoms with van der Waals surface area (Å²) in [6.07, 6.45) is 4.28. The molecule has 4 rings (SSSR count). The lowest BCUT2D eigenvalue weighted by molar-refractivity contribution is -0.192. The number of hydrogen-bond acceptors (Lipinski definition) is 6. The van der Waals surface area contributed by atoms with E-state index in [1.165, 1.54) is 12.8 Å². The number of piperidine rings is 1. The summed E-state index contributed by atoms with van der Waals surface area (Å²) in [5, 5.41) is 16.3. The number of carboxylic acid groups (broad SMARTS) is 1. The zero-order valence-corrected chi connectivity index (χ0v) is 16.8. The highest BCUT2D eigenvalue weighted by molar-refractivity contribution is 7.09. The molecule has 12 heteroatoms. The topological polar surface area (TPSA) is 109 Å². The minimum absolute atomic E-state index is 0.161. The average molecular weight is 445 g/mol. The summed E-state index contributed by atoms with van der Waals surface area (Å²) in [4.78, 5) is 30.0. The normalized spacial score (nSPS) is 17.2. The highest BCUT2D eigenvalue weighted by Gasteiger charge is 2.38. The molecule has 2 aromatic rings. The van der Waals surface area contributed by atoms with E-state index in [0.717, 1.165) is 37.4 Å². The van der Waals surface area contributed by atoms with Gasteiger partial charge in [0, 0.05) is 30.2 Å². The van der Waals surface area contributed by atoms with Gasteiger partial charge in [0.2, 0.25) is 5.95 Å². The van der Waals surface area contributed by atoms with E-state index in [1.807, 2.05) is 16.1 Å². The lowest BCUT2D eigenvalue weighted by atomic mass is 9.95. The number of anilines is 1. The molecule has 0 radical (unpaired) electrons. The number of halogens is 3. The second kappa shape index (κ2) is 9.56. The second-order valence-corrected chi connectivity index (χ2v) is 8.11. The van der Waals surface area contributed by atoms with Gasteiger partial charge in [-0.05, 0) is 44.7 Å². The number of aliphatic carboxylic acids is 1. The van der Waals surface area contributed by atoms with Crippen LogP contribution >= 0.6 is 11.3 Å². The molecule has 0 aromatic carbocycles. The fourth-order valence-corrected chi connectivity index (χ4v) is 3.95. The number of carboxylic acids is 1. The number of amides is 1. The van der Waals surface area contributed by atoms with Gasteiger partial charge < -0.3 is 15.0 Å². The van der Waals surface area contributed by atoms with Crippen molar-refractivity contribution in [1.29, 1.82) is 0 Å². The van der Waals surface area contributed by atoms with Gasteiger partial charge in [-0.2, -0.15) is 13.2 Å². The molecule has 0 unspecified atom stereocenters. The predicted molar refractivity (Wildman–Crippen MR) is 104 cm³/mol. The summed E-state index contributed by atoms with van der Waals surface area (Å²) in [5.74, 6) is -1.60. The molecule has 0 atom stereocenters. The summed E-state index contributed by atoms with van der Waals surface area (Å²) in [6.45, 7) is 2.18. The Bertz CT molecular complexity index is 873. The van der Waals surface area contributed by atoms with E-state index < -0.39 is 12.1 Å². The average Bonchev–Trinajstić information content (AvgIpc) is 3.25. The Morgan fingerprint density at radius 2 is 1.93 bits per heavy atom. The zero-order chi connectivity index (χ0) is 21.7. The summed E-state index contributed by atoms with van der Waals surface area (Å²) >= 11 is 1.59. The Balaban J connectivity index is 0.000000318. The van der Waals surface area contributed by atoms with E-state index in [-0.39, 0.29) is 5.91 Å². The smallest absolute Gasteiger partial charge is 0.475 e. The minimum Gasteiger partial charge on any atom is -0.475 e. The van der Waals surface area contributed by atoms with Crippen molar-refractivity contribution in [3.63, 3.8) is 0 Å². The number of alkyl halides is 3. The third-order valence-electron chi connectivity index (χ3n) is 4.78. The first-order valence-electron chi connectivity index (χ1n) is 9.53. The SMILES string of the molecule is O=C(Nc1nccn1C1CC1)c1csc(CC2CCNCC2)n1.O=C(O)C(F)(F)F. The fourth-order valence-electron chi connectivity index (χ4n) is 3.06. The standard InChI is InChI=1S/C16H21N5OS.C2HF3O2/c22-15(20-16-18-7-8-21(16)12-1-2-12)13-10-23-14(19-13)9-11-3-5-17-6-4-11;3-2(4,5)1(6)7/h7-8,10-12,17H,1-6,9H2,(H,18,20,22);(H,6,7). The van der Waals surface area contributed by atoms with E-state index in [0.29, 0.717) is 23.6 Å². The third kappa shape index (κ3) is 6.26. The van der Waals surface area contributed by atoms with Crippen molar-refractivity contribution in [2.45, 2.75) is 44.3 Å². The summed E-state index contributed by atoms with van der Waals surface area (Å²) in [7, 11) is 0. The van der Waals surface area contributed by atoms with Crippen molar-refractivity contribution in [3.05, 3.63) is 28.5 Å². The molecule has 2 aliphatic rings. The first kappa shape index (κ1) is 22.2. The Hall–Kier alpha value is -2.47. The number of thiazole rings is 1. The van der Waals surface area contributed by atoms with Gasteiger partial charge in [0.05, 0.1) is 5.01 Å². The number of nitrogens with one attached hydrogen (secondary N) is 2.